The molecule has 3 amide bonds. The summed E-state index contributed by atoms with van der Waals surface area (Å²) >= 11 is 0. The van der Waals surface area contributed by atoms with Gasteiger partial charge in [0.05, 0.1) is 13.0 Å². The fraction of sp³-hybridized carbons (Fsp3) is 0.636. The Kier molecular flexibility index (Phi) is 7.40. The summed E-state index contributed by atoms with van der Waals surface area (Å²) in [5.74, 6) is -4.47. The fourth-order valence-electron chi connectivity index (χ4n) is 1.69. The summed E-state index contributed by atoms with van der Waals surface area (Å²) in [6, 6.07) is -1.27. The first-order valence-corrected chi connectivity index (χ1v) is 5.98. The minimum atomic E-state index is -1.27. The van der Waals surface area contributed by atoms with Crippen LogP contribution in [0.4, 0.5) is 0 Å². The number of rotatable bonds is 9. The van der Waals surface area contributed by atoms with E-state index in [1.54, 1.807) is 19.3 Å². The molecule has 0 fully saturated rings. The maximum atomic E-state index is 12.0. The second-order valence-electron chi connectivity index (χ2n) is 4.66. The monoisotopic (exact) mass is 288 g/mol. The number of Topliss-reactive ketones (excluding diaryl/α,β-unsaturated/α-hetero) is 1. The Balaban J connectivity index is 4.93. The van der Waals surface area contributed by atoms with Crippen molar-refractivity contribution in [3.63, 3.8) is 0 Å². The molecule has 0 aromatic heterocycles. The van der Waals surface area contributed by atoms with Crippen molar-refractivity contribution in [3.05, 3.63) is 0 Å². The summed E-state index contributed by atoms with van der Waals surface area (Å²) < 4.78 is 0. The molecule has 0 spiro atoms. The zero-order valence-electron chi connectivity index (χ0n) is 11.4. The van der Waals surface area contributed by atoms with Gasteiger partial charge in [0.15, 0.2) is 5.78 Å². The predicted molar refractivity (Wildman–Crippen MR) is 68.1 cm³/mol. The average molecular weight is 288 g/mol. The first kappa shape index (κ1) is 18.0. The highest BCUT2D eigenvalue weighted by atomic mass is 16.5. The molecule has 9 heteroatoms. The van der Waals surface area contributed by atoms with Crippen molar-refractivity contribution in [2.75, 3.05) is 6.54 Å². The Morgan fingerprint density at radius 3 is 2.05 bits per heavy atom. The van der Waals surface area contributed by atoms with E-state index >= 15 is 0 Å². The second-order valence-corrected chi connectivity index (χ2v) is 4.66. The Morgan fingerprint density at radius 1 is 1.15 bits per heavy atom. The molecule has 20 heavy (non-hydrogen) atoms. The van der Waals surface area contributed by atoms with Crippen LogP contribution in [0.3, 0.4) is 0 Å². The molecule has 0 radical (unpaired) electrons. The van der Waals surface area contributed by atoms with Gasteiger partial charge in [-0.2, -0.15) is 5.48 Å². The predicted octanol–water partition coefficient (Wildman–Crippen LogP) is -2.35. The standard InChI is InChI=1S/C11H20N4O5/c1-5(2)9(7(16)4-14-20)11(19)15-6(10(13)18)3-8(12)17/h5-6,9,14,20H,3-4H2,1-2H3,(H2,12,17)(H2,13,18)(H,15,19)/t6-,9?/m0/s1. The Hall–Kier alpha value is -2.00. The van der Waals surface area contributed by atoms with Crippen LogP contribution in [0.15, 0.2) is 0 Å². The first-order valence-electron chi connectivity index (χ1n) is 5.98. The van der Waals surface area contributed by atoms with Crippen molar-refractivity contribution in [2.24, 2.45) is 23.3 Å². The van der Waals surface area contributed by atoms with Gasteiger partial charge in [0.2, 0.25) is 17.7 Å². The summed E-state index contributed by atoms with van der Waals surface area (Å²) in [4.78, 5) is 45.6. The van der Waals surface area contributed by atoms with Gasteiger partial charge in [-0.25, -0.2) is 0 Å². The van der Waals surface area contributed by atoms with Gasteiger partial charge >= 0.3 is 0 Å². The molecule has 1 unspecified atom stereocenters. The summed E-state index contributed by atoms with van der Waals surface area (Å²) in [6.07, 6.45) is -0.446. The third-order valence-corrected chi connectivity index (χ3v) is 2.61. The summed E-state index contributed by atoms with van der Waals surface area (Å²) in [7, 11) is 0. The second kappa shape index (κ2) is 8.23. The van der Waals surface area contributed by atoms with Crippen LogP contribution in [0.2, 0.25) is 0 Å². The first-order chi connectivity index (χ1) is 9.20. The van der Waals surface area contributed by atoms with Crippen molar-refractivity contribution in [1.29, 1.82) is 0 Å². The molecule has 0 aliphatic rings. The van der Waals surface area contributed by atoms with E-state index in [0.29, 0.717) is 0 Å². The molecular weight excluding hydrogens is 268 g/mol. The molecule has 0 heterocycles. The minimum absolute atomic E-state index is 0.363. The Bertz CT molecular complexity index is 396. The lowest BCUT2D eigenvalue weighted by Gasteiger charge is -2.21. The number of hydrogen-bond acceptors (Lipinski definition) is 6. The number of hydroxylamine groups is 1. The summed E-state index contributed by atoms with van der Waals surface area (Å²) in [5.41, 5.74) is 11.7. The van der Waals surface area contributed by atoms with E-state index in [4.69, 9.17) is 16.7 Å². The molecule has 0 saturated heterocycles. The zero-order chi connectivity index (χ0) is 15.9. The van der Waals surface area contributed by atoms with Crippen molar-refractivity contribution in [2.45, 2.75) is 26.3 Å². The highest BCUT2D eigenvalue weighted by Gasteiger charge is 2.32. The van der Waals surface area contributed by atoms with Crippen molar-refractivity contribution < 1.29 is 24.4 Å². The van der Waals surface area contributed by atoms with Crippen molar-refractivity contribution in [1.82, 2.24) is 10.8 Å². The van der Waals surface area contributed by atoms with Crippen LogP contribution in [-0.4, -0.2) is 41.3 Å². The van der Waals surface area contributed by atoms with E-state index in [2.05, 4.69) is 5.32 Å². The largest absolute Gasteiger partial charge is 0.370 e. The lowest BCUT2D eigenvalue weighted by atomic mass is 9.90. The molecule has 0 saturated carbocycles. The number of hydrogen-bond donors (Lipinski definition) is 5. The van der Waals surface area contributed by atoms with Gasteiger partial charge in [0.1, 0.15) is 12.0 Å². The molecule has 2 atom stereocenters. The SMILES string of the molecule is CC(C)C(C(=O)CNO)C(=O)N[C@@H](CC(N)=O)C(N)=O. The van der Waals surface area contributed by atoms with Crippen LogP contribution in [0, 0.1) is 11.8 Å². The van der Waals surface area contributed by atoms with Gasteiger partial charge in [-0.05, 0) is 5.92 Å². The molecule has 0 aliphatic carbocycles. The zero-order valence-corrected chi connectivity index (χ0v) is 11.4. The summed E-state index contributed by atoms with van der Waals surface area (Å²) in [5, 5.41) is 10.7. The van der Waals surface area contributed by atoms with Crippen LogP contribution >= 0.6 is 0 Å². The molecule has 7 N–H and O–H groups in total. The van der Waals surface area contributed by atoms with E-state index < -0.39 is 48.4 Å². The van der Waals surface area contributed by atoms with E-state index in [1.165, 1.54) is 0 Å². The van der Waals surface area contributed by atoms with Crippen molar-refractivity contribution >= 4 is 23.5 Å². The van der Waals surface area contributed by atoms with E-state index in [-0.39, 0.29) is 5.92 Å². The van der Waals surface area contributed by atoms with Gasteiger partial charge in [0.25, 0.3) is 0 Å². The molecule has 0 bridgehead atoms. The molecule has 9 nitrogen and oxygen atoms in total. The number of carbonyl (C=O) groups is 4. The highest BCUT2D eigenvalue weighted by Crippen LogP contribution is 2.13. The number of ketones is 1. The van der Waals surface area contributed by atoms with Crippen LogP contribution in [-0.2, 0) is 19.2 Å². The number of carbonyl (C=O) groups excluding carboxylic acids is 4. The van der Waals surface area contributed by atoms with Gasteiger partial charge in [-0.1, -0.05) is 13.8 Å². The van der Waals surface area contributed by atoms with Gasteiger partial charge in [0, 0.05) is 0 Å². The molecule has 0 aromatic carbocycles. The average Bonchev–Trinajstić information content (AvgIpc) is 2.27. The fourth-order valence-corrected chi connectivity index (χ4v) is 1.69. The quantitative estimate of drug-likeness (QED) is 0.235. The molecule has 0 rings (SSSR count). The Morgan fingerprint density at radius 2 is 1.70 bits per heavy atom. The topological polar surface area (TPSA) is 165 Å². The lowest BCUT2D eigenvalue weighted by Crippen LogP contribution is -2.51. The lowest BCUT2D eigenvalue weighted by molar-refractivity contribution is -0.138. The molecule has 114 valence electrons. The van der Waals surface area contributed by atoms with Crippen LogP contribution < -0.4 is 22.3 Å². The third-order valence-electron chi connectivity index (χ3n) is 2.61. The van der Waals surface area contributed by atoms with Crippen LogP contribution in [0.1, 0.15) is 20.3 Å². The molecule has 0 aromatic rings. The Labute approximate surface area is 116 Å². The van der Waals surface area contributed by atoms with E-state index in [1.807, 2.05) is 0 Å². The van der Waals surface area contributed by atoms with E-state index in [0.717, 1.165) is 0 Å². The van der Waals surface area contributed by atoms with Crippen molar-refractivity contribution in [3.8, 4) is 0 Å². The van der Waals surface area contributed by atoms with Gasteiger partial charge < -0.3 is 22.0 Å². The number of nitrogens with two attached hydrogens (primary N) is 2. The number of nitrogens with one attached hydrogen (secondary N) is 2. The third kappa shape index (κ3) is 5.76. The van der Waals surface area contributed by atoms with Crippen LogP contribution in [0.25, 0.3) is 0 Å². The smallest absolute Gasteiger partial charge is 0.240 e. The maximum Gasteiger partial charge on any atom is 0.240 e. The normalized spacial score (nSPS) is 13.6. The van der Waals surface area contributed by atoms with Crippen LogP contribution in [0.5, 0.6) is 0 Å². The maximum absolute atomic E-state index is 12.0. The highest BCUT2D eigenvalue weighted by molar-refractivity contribution is 6.04. The van der Waals surface area contributed by atoms with E-state index in [9.17, 15) is 19.2 Å². The molecule has 0 aliphatic heterocycles. The van der Waals surface area contributed by atoms with Gasteiger partial charge in [-0.3, -0.25) is 19.2 Å². The van der Waals surface area contributed by atoms with Gasteiger partial charge in [-0.15, -0.1) is 0 Å². The minimum Gasteiger partial charge on any atom is -0.370 e. The summed E-state index contributed by atoms with van der Waals surface area (Å²) in [6.45, 7) is 2.85. The number of primary amides is 2. The molecular formula is C11H20N4O5. The number of amides is 3.